The number of likely N-dealkylation sites (tertiary alicyclic amines) is 1. The topological polar surface area (TPSA) is 91.2 Å². The molecule has 0 bridgehead atoms. The van der Waals surface area contributed by atoms with Gasteiger partial charge in [0.25, 0.3) is 0 Å². The molecule has 7 heteroatoms. The lowest BCUT2D eigenvalue weighted by Gasteiger charge is -2.31. The van der Waals surface area contributed by atoms with Crippen LogP contribution in [0.15, 0.2) is 59.4 Å². The first kappa shape index (κ1) is 19.0. The van der Waals surface area contributed by atoms with Crippen molar-refractivity contribution in [3.05, 3.63) is 76.5 Å². The van der Waals surface area contributed by atoms with E-state index in [0.717, 1.165) is 29.9 Å². The molecule has 0 aliphatic carbocycles. The van der Waals surface area contributed by atoms with Crippen molar-refractivity contribution in [2.24, 2.45) is 0 Å². The van der Waals surface area contributed by atoms with E-state index in [0.29, 0.717) is 25.9 Å². The highest BCUT2D eigenvalue weighted by Crippen LogP contribution is 2.28. The van der Waals surface area contributed by atoms with Gasteiger partial charge in [0, 0.05) is 25.4 Å². The molecule has 0 radical (unpaired) electrons. The number of para-hydroxylation sites is 2. The third-order valence-corrected chi connectivity index (χ3v) is 5.53. The highest BCUT2D eigenvalue weighted by Gasteiger charge is 2.28. The number of rotatable bonds is 5. The van der Waals surface area contributed by atoms with Crippen molar-refractivity contribution in [1.29, 1.82) is 0 Å². The Morgan fingerprint density at radius 1 is 1.07 bits per heavy atom. The van der Waals surface area contributed by atoms with Crippen LogP contribution < -0.4 is 5.69 Å². The number of aryl methyl sites for hydroxylation is 1. The van der Waals surface area contributed by atoms with Gasteiger partial charge in [0.15, 0.2) is 0 Å². The lowest BCUT2D eigenvalue weighted by atomic mass is 9.95. The van der Waals surface area contributed by atoms with Gasteiger partial charge in [0.05, 0.1) is 5.69 Å². The normalized spacial score (nSPS) is 14.8. The number of aromatic amines is 1. The monoisotopic (exact) mass is 392 g/mol. The summed E-state index contributed by atoms with van der Waals surface area (Å²) >= 11 is 0. The van der Waals surface area contributed by atoms with E-state index in [1.807, 2.05) is 47.4 Å². The van der Waals surface area contributed by atoms with Gasteiger partial charge in [-0.05, 0) is 43.0 Å². The van der Waals surface area contributed by atoms with E-state index in [2.05, 4.69) is 10.2 Å². The fourth-order valence-electron chi connectivity index (χ4n) is 3.92. The zero-order chi connectivity index (χ0) is 20.2. The Hall–Kier alpha value is -3.35. The molecule has 2 N–H and O–H groups in total. The molecule has 150 valence electrons. The highest BCUT2D eigenvalue weighted by molar-refractivity contribution is 5.76. The van der Waals surface area contributed by atoms with Crippen LogP contribution >= 0.6 is 0 Å². The molecule has 2 aromatic carbocycles. The molecule has 1 saturated heterocycles. The number of nitrogens with zero attached hydrogens (tertiary/aromatic N) is 3. The van der Waals surface area contributed by atoms with E-state index >= 15 is 0 Å². The number of nitrogens with one attached hydrogen (secondary N) is 1. The molecule has 0 spiro atoms. The molecule has 3 aromatic rings. The third kappa shape index (κ3) is 4.08. The minimum absolute atomic E-state index is 0.0918. The number of hydrogen-bond acceptors (Lipinski definition) is 4. The van der Waals surface area contributed by atoms with Gasteiger partial charge >= 0.3 is 5.69 Å². The van der Waals surface area contributed by atoms with Crippen molar-refractivity contribution >= 4 is 5.91 Å². The largest absolute Gasteiger partial charge is 0.508 e. The average molecular weight is 392 g/mol. The second kappa shape index (κ2) is 8.34. The number of H-pyrrole nitrogens is 1. The summed E-state index contributed by atoms with van der Waals surface area (Å²) in [4.78, 5) is 26.7. The smallest absolute Gasteiger partial charge is 0.347 e. The van der Waals surface area contributed by atoms with Gasteiger partial charge in [-0.25, -0.2) is 14.5 Å². The van der Waals surface area contributed by atoms with Crippen LogP contribution in [0.2, 0.25) is 0 Å². The van der Waals surface area contributed by atoms with Crippen LogP contribution in [0.5, 0.6) is 5.75 Å². The molecule has 7 nitrogen and oxygen atoms in total. The number of phenolic OH excluding ortho intramolecular Hbond substituents is 1. The minimum Gasteiger partial charge on any atom is -0.508 e. The Kier molecular flexibility index (Phi) is 5.46. The predicted molar refractivity (Wildman–Crippen MR) is 109 cm³/mol. The van der Waals surface area contributed by atoms with E-state index in [1.165, 1.54) is 0 Å². The molecule has 1 aliphatic heterocycles. The Morgan fingerprint density at radius 2 is 1.76 bits per heavy atom. The van der Waals surface area contributed by atoms with Crippen molar-refractivity contribution in [3.63, 3.8) is 0 Å². The zero-order valence-electron chi connectivity index (χ0n) is 16.1. The first-order valence-electron chi connectivity index (χ1n) is 9.91. The Labute approximate surface area is 168 Å². The summed E-state index contributed by atoms with van der Waals surface area (Å²) in [6.07, 6.45) is 2.43. The summed E-state index contributed by atoms with van der Waals surface area (Å²) in [6, 6.07) is 16.6. The highest BCUT2D eigenvalue weighted by atomic mass is 16.3. The summed E-state index contributed by atoms with van der Waals surface area (Å²) in [5.74, 6) is 1.17. The number of hydrogen-bond donors (Lipinski definition) is 2. The van der Waals surface area contributed by atoms with Crippen molar-refractivity contribution in [3.8, 4) is 11.4 Å². The number of piperidine rings is 1. The maximum atomic E-state index is 12.6. The Balaban J connectivity index is 1.38. The molecule has 1 amide bonds. The molecule has 0 atom stereocenters. The standard InChI is InChI=1S/C22H24N4O3/c27-19-9-5-4-6-16(19)10-11-20(28)25-14-12-17(13-15-25)21-23-24-22(29)26(21)18-7-2-1-3-8-18/h1-9,17,27H,10-15H2,(H,24,29). The molecule has 0 saturated carbocycles. The molecule has 2 heterocycles. The summed E-state index contributed by atoms with van der Waals surface area (Å²) in [5, 5.41) is 16.7. The van der Waals surface area contributed by atoms with E-state index in [1.54, 1.807) is 16.7 Å². The van der Waals surface area contributed by atoms with E-state index in [4.69, 9.17) is 0 Å². The first-order valence-corrected chi connectivity index (χ1v) is 9.91. The lowest BCUT2D eigenvalue weighted by Crippen LogP contribution is -2.38. The summed E-state index contributed by atoms with van der Waals surface area (Å²) in [5.41, 5.74) is 1.34. The van der Waals surface area contributed by atoms with E-state index in [-0.39, 0.29) is 23.3 Å². The molecular weight excluding hydrogens is 368 g/mol. The lowest BCUT2D eigenvalue weighted by molar-refractivity contribution is -0.132. The number of aromatic hydroxyl groups is 1. The van der Waals surface area contributed by atoms with Gasteiger partial charge in [0.1, 0.15) is 11.6 Å². The van der Waals surface area contributed by atoms with Gasteiger partial charge in [-0.3, -0.25) is 4.79 Å². The van der Waals surface area contributed by atoms with Crippen molar-refractivity contribution in [1.82, 2.24) is 19.7 Å². The van der Waals surface area contributed by atoms with Crippen molar-refractivity contribution in [2.45, 2.75) is 31.6 Å². The summed E-state index contributed by atoms with van der Waals surface area (Å²) < 4.78 is 1.63. The Bertz CT molecular complexity index is 1030. The SMILES string of the molecule is O=C(CCc1ccccc1O)N1CCC(c2n[nH]c(=O)n2-c2ccccc2)CC1. The van der Waals surface area contributed by atoms with Gasteiger partial charge in [0.2, 0.25) is 5.91 Å². The molecule has 29 heavy (non-hydrogen) atoms. The number of amides is 1. The number of aromatic nitrogens is 3. The molecule has 1 fully saturated rings. The first-order chi connectivity index (χ1) is 14.1. The quantitative estimate of drug-likeness (QED) is 0.698. The number of benzene rings is 2. The van der Waals surface area contributed by atoms with E-state index < -0.39 is 0 Å². The minimum atomic E-state index is -0.243. The maximum Gasteiger partial charge on any atom is 0.347 e. The molecule has 1 aromatic heterocycles. The summed E-state index contributed by atoms with van der Waals surface area (Å²) in [7, 11) is 0. The van der Waals surface area contributed by atoms with Crippen molar-refractivity contribution in [2.75, 3.05) is 13.1 Å². The zero-order valence-corrected chi connectivity index (χ0v) is 16.1. The van der Waals surface area contributed by atoms with Crippen LogP contribution in [-0.4, -0.2) is 43.8 Å². The third-order valence-electron chi connectivity index (χ3n) is 5.53. The predicted octanol–water partition coefficient (Wildman–Crippen LogP) is 2.61. The van der Waals surface area contributed by atoms with Crippen LogP contribution in [0.25, 0.3) is 5.69 Å². The van der Waals surface area contributed by atoms with Gasteiger partial charge in [-0.2, -0.15) is 5.10 Å². The van der Waals surface area contributed by atoms with Crippen LogP contribution in [0.1, 0.15) is 36.6 Å². The average Bonchev–Trinajstić information content (AvgIpc) is 3.15. The van der Waals surface area contributed by atoms with Crippen LogP contribution in [0, 0.1) is 0 Å². The second-order valence-electron chi connectivity index (χ2n) is 7.34. The number of carbonyl (C=O) groups excluding carboxylic acids is 1. The maximum absolute atomic E-state index is 12.6. The number of phenols is 1. The fourth-order valence-corrected chi connectivity index (χ4v) is 3.92. The van der Waals surface area contributed by atoms with Crippen LogP contribution in [0.4, 0.5) is 0 Å². The number of carbonyl (C=O) groups is 1. The van der Waals surface area contributed by atoms with Gasteiger partial charge in [-0.15, -0.1) is 0 Å². The van der Waals surface area contributed by atoms with E-state index in [9.17, 15) is 14.7 Å². The van der Waals surface area contributed by atoms with Crippen molar-refractivity contribution < 1.29 is 9.90 Å². The van der Waals surface area contributed by atoms with Crippen LogP contribution in [-0.2, 0) is 11.2 Å². The van der Waals surface area contributed by atoms with Gasteiger partial charge in [-0.1, -0.05) is 36.4 Å². The summed E-state index contributed by atoms with van der Waals surface area (Å²) in [6.45, 7) is 1.28. The molecule has 0 unspecified atom stereocenters. The van der Waals surface area contributed by atoms with Gasteiger partial charge < -0.3 is 10.0 Å². The Morgan fingerprint density at radius 3 is 2.48 bits per heavy atom. The molecular formula is C22H24N4O3. The molecule has 4 rings (SSSR count). The van der Waals surface area contributed by atoms with Crippen LogP contribution in [0.3, 0.4) is 0 Å². The molecule has 1 aliphatic rings. The fraction of sp³-hybridized carbons (Fsp3) is 0.318. The second-order valence-corrected chi connectivity index (χ2v) is 7.34.